The highest BCUT2D eigenvalue weighted by molar-refractivity contribution is 6.61. The fourth-order valence-corrected chi connectivity index (χ4v) is 2.45. The van der Waals surface area contributed by atoms with Crippen molar-refractivity contribution in [1.29, 1.82) is 0 Å². The number of carbonyl (C=O) groups is 1. The van der Waals surface area contributed by atoms with Crippen LogP contribution >= 0.6 is 0 Å². The number of nitrogens with one attached hydrogen (secondary N) is 1. The molecule has 0 aliphatic carbocycles. The van der Waals surface area contributed by atoms with Crippen LogP contribution in [0, 0.1) is 5.82 Å². The molecule has 0 saturated carbocycles. The van der Waals surface area contributed by atoms with Crippen molar-refractivity contribution in [2.75, 3.05) is 5.32 Å². The molecule has 1 aliphatic heterocycles. The summed E-state index contributed by atoms with van der Waals surface area (Å²) in [5.74, 6) is -0.355. The average Bonchev–Trinajstić information content (AvgIpc) is 3.04. The van der Waals surface area contributed by atoms with Gasteiger partial charge in [0.05, 0.1) is 16.8 Å². The minimum atomic E-state index is -0.635. The summed E-state index contributed by atoms with van der Waals surface area (Å²) >= 11 is 0. The molecule has 5 nitrogen and oxygen atoms in total. The molecular weight excluding hydrogens is 310 g/mol. The van der Waals surface area contributed by atoms with Crippen molar-refractivity contribution < 1.29 is 18.5 Å². The van der Waals surface area contributed by atoms with Gasteiger partial charge in [0.15, 0.2) is 0 Å². The number of hydrogen-bond donors (Lipinski definition) is 1. The summed E-state index contributed by atoms with van der Waals surface area (Å²) in [6, 6.07) is 8.77. The van der Waals surface area contributed by atoms with Gasteiger partial charge in [-0.15, -0.1) is 0 Å². The van der Waals surface area contributed by atoms with E-state index in [1.807, 2.05) is 27.7 Å². The Hall–Kier alpha value is -2.12. The Morgan fingerprint density at radius 2 is 1.67 bits per heavy atom. The van der Waals surface area contributed by atoms with Crippen LogP contribution in [0.2, 0.25) is 0 Å². The predicted molar refractivity (Wildman–Crippen MR) is 91.0 cm³/mol. The summed E-state index contributed by atoms with van der Waals surface area (Å²) in [5, 5.41) is 2.72. The molecule has 1 aliphatic rings. The van der Waals surface area contributed by atoms with E-state index in [4.69, 9.17) is 9.31 Å². The first-order valence-electron chi connectivity index (χ1n) is 7.79. The average molecular weight is 330 g/mol. The highest BCUT2D eigenvalue weighted by Gasteiger charge is 2.52. The lowest BCUT2D eigenvalue weighted by molar-refractivity contribution is 0.00578. The number of nitrogens with zero attached hydrogens (tertiary/aromatic N) is 1. The van der Waals surface area contributed by atoms with E-state index in [9.17, 15) is 9.18 Å². The van der Waals surface area contributed by atoms with Crippen molar-refractivity contribution in [3.8, 4) is 0 Å². The molecule has 0 unspecified atom stereocenters. The molecule has 1 aromatic heterocycles. The van der Waals surface area contributed by atoms with Crippen LogP contribution in [0.5, 0.6) is 0 Å². The molecule has 126 valence electrons. The van der Waals surface area contributed by atoms with E-state index in [-0.39, 0.29) is 11.8 Å². The second kappa shape index (κ2) is 5.75. The fraction of sp³-hybridized carbons (Fsp3) is 0.353. The van der Waals surface area contributed by atoms with Crippen LogP contribution in [0.3, 0.4) is 0 Å². The van der Waals surface area contributed by atoms with Crippen molar-refractivity contribution >= 4 is 24.4 Å². The Labute approximate surface area is 140 Å². The van der Waals surface area contributed by atoms with Crippen LogP contribution in [0.4, 0.5) is 14.9 Å². The number of rotatable bonds is 2. The van der Waals surface area contributed by atoms with E-state index in [0.717, 1.165) is 0 Å². The highest BCUT2D eigenvalue weighted by Crippen LogP contribution is 2.36. The number of halogens is 1. The van der Waals surface area contributed by atoms with Crippen LogP contribution in [0.15, 0.2) is 42.6 Å². The van der Waals surface area contributed by atoms with Gasteiger partial charge in [-0.25, -0.2) is 9.18 Å². The lowest BCUT2D eigenvalue weighted by Crippen LogP contribution is -2.42. The topological polar surface area (TPSA) is 52.5 Å². The molecule has 0 spiro atoms. The molecule has 1 saturated heterocycles. The van der Waals surface area contributed by atoms with Crippen LogP contribution in [0.25, 0.3) is 0 Å². The first-order valence-corrected chi connectivity index (χ1v) is 7.79. The summed E-state index contributed by atoms with van der Waals surface area (Å²) in [6.07, 6.45) is 1.64. The molecule has 24 heavy (non-hydrogen) atoms. The quantitative estimate of drug-likeness (QED) is 0.861. The first kappa shape index (κ1) is 16.7. The van der Waals surface area contributed by atoms with Gasteiger partial charge in [-0.05, 0) is 64.1 Å². The summed E-state index contributed by atoms with van der Waals surface area (Å²) < 4.78 is 26.4. The van der Waals surface area contributed by atoms with Crippen LogP contribution in [0.1, 0.15) is 27.7 Å². The molecule has 3 rings (SSSR count). The zero-order chi connectivity index (χ0) is 17.5. The molecule has 1 amide bonds. The summed E-state index contributed by atoms with van der Waals surface area (Å²) in [6.45, 7) is 7.83. The van der Waals surface area contributed by atoms with Gasteiger partial charge in [-0.3, -0.25) is 4.57 Å². The van der Waals surface area contributed by atoms with Crippen molar-refractivity contribution in [1.82, 2.24) is 4.57 Å². The van der Waals surface area contributed by atoms with Gasteiger partial charge >= 0.3 is 13.1 Å². The number of anilines is 1. The SMILES string of the molecule is CC1(C)OB(c2cccn2C(=O)Nc2ccc(F)cc2)OC1(C)C. The summed E-state index contributed by atoms with van der Waals surface area (Å²) in [4.78, 5) is 12.5. The normalized spacial score (nSPS) is 18.6. The minimum Gasteiger partial charge on any atom is -0.398 e. The van der Waals surface area contributed by atoms with Gasteiger partial charge < -0.3 is 14.6 Å². The Morgan fingerprint density at radius 3 is 2.25 bits per heavy atom. The van der Waals surface area contributed by atoms with Crippen molar-refractivity contribution in [3.63, 3.8) is 0 Å². The van der Waals surface area contributed by atoms with Gasteiger partial charge in [0, 0.05) is 11.9 Å². The van der Waals surface area contributed by atoms with E-state index < -0.39 is 18.3 Å². The number of aromatic nitrogens is 1. The second-order valence-electron chi connectivity index (χ2n) is 6.83. The molecule has 7 heteroatoms. The van der Waals surface area contributed by atoms with Crippen molar-refractivity contribution in [2.24, 2.45) is 0 Å². The highest BCUT2D eigenvalue weighted by atomic mass is 19.1. The van der Waals surface area contributed by atoms with Gasteiger partial charge in [-0.1, -0.05) is 0 Å². The number of amides is 1. The monoisotopic (exact) mass is 330 g/mol. The Morgan fingerprint density at radius 1 is 1.08 bits per heavy atom. The van der Waals surface area contributed by atoms with Gasteiger partial charge in [0.25, 0.3) is 0 Å². The number of carbonyl (C=O) groups excluding carboxylic acids is 1. The van der Waals surface area contributed by atoms with Crippen LogP contribution in [-0.4, -0.2) is 28.9 Å². The van der Waals surface area contributed by atoms with Gasteiger partial charge in [0.2, 0.25) is 0 Å². The maximum Gasteiger partial charge on any atom is 0.512 e. The number of hydrogen-bond acceptors (Lipinski definition) is 3. The zero-order valence-electron chi connectivity index (χ0n) is 14.2. The standard InChI is InChI=1S/C17H20BFN2O3/c1-16(2)17(3,4)24-18(23-16)14-6-5-11-21(14)15(22)20-13-9-7-12(19)8-10-13/h5-11H,1-4H3,(H,20,22). The molecule has 0 radical (unpaired) electrons. The molecule has 2 aromatic rings. The Bertz CT molecular complexity index is 739. The van der Waals surface area contributed by atoms with E-state index >= 15 is 0 Å². The molecule has 0 atom stereocenters. The second-order valence-corrected chi connectivity index (χ2v) is 6.83. The summed E-state index contributed by atoms with van der Waals surface area (Å²) in [5.41, 5.74) is 0.142. The van der Waals surface area contributed by atoms with E-state index in [1.165, 1.54) is 28.8 Å². The van der Waals surface area contributed by atoms with E-state index in [2.05, 4.69) is 5.32 Å². The van der Waals surface area contributed by atoms with E-state index in [1.54, 1.807) is 18.3 Å². The third kappa shape index (κ3) is 2.97. The maximum atomic E-state index is 13.0. The zero-order valence-corrected chi connectivity index (χ0v) is 14.2. The van der Waals surface area contributed by atoms with Crippen molar-refractivity contribution in [3.05, 3.63) is 48.4 Å². The maximum absolute atomic E-state index is 13.0. The predicted octanol–water partition coefficient (Wildman–Crippen LogP) is 3.01. The fourth-order valence-electron chi connectivity index (χ4n) is 2.45. The lowest BCUT2D eigenvalue weighted by Gasteiger charge is -2.32. The number of benzene rings is 1. The molecule has 1 aromatic carbocycles. The summed E-state index contributed by atoms with van der Waals surface area (Å²) in [7, 11) is -0.635. The van der Waals surface area contributed by atoms with Crippen molar-refractivity contribution in [2.45, 2.75) is 38.9 Å². The first-order chi connectivity index (χ1) is 11.2. The molecule has 1 fully saturated rings. The van der Waals surface area contributed by atoms with Crippen LogP contribution in [-0.2, 0) is 9.31 Å². The van der Waals surface area contributed by atoms with Gasteiger partial charge in [-0.2, -0.15) is 0 Å². The Kier molecular flexibility index (Phi) is 4.01. The third-order valence-corrected chi connectivity index (χ3v) is 4.59. The molecule has 1 N–H and O–H groups in total. The molecular formula is C17H20BFN2O3. The smallest absolute Gasteiger partial charge is 0.398 e. The van der Waals surface area contributed by atoms with Gasteiger partial charge in [0.1, 0.15) is 5.82 Å². The third-order valence-electron chi connectivity index (χ3n) is 4.59. The van der Waals surface area contributed by atoms with Crippen LogP contribution < -0.4 is 10.9 Å². The molecule has 2 heterocycles. The molecule has 0 bridgehead atoms. The van der Waals surface area contributed by atoms with E-state index in [0.29, 0.717) is 11.3 Å². The minimum absolute atomic E-state index is 0.355. The lowest BCUT2D eigenvalue weighted by atomic mass is 9.85. The Balaban J connectivity index is 1.81. The largest absolute Gasteiger partial charge is 0.512 e.